The fourth-order valence-corrected chi connectivity index (χ4v) is 3.07. The van der Waals surface area contributed by atoms with E-state index in [0.29, 0.717) is 28.3 Å². The molecule has 2 N–H and O–H groups in total. The zero-order valence-electron chi connectivity index (χ0n) is 18.5. The first-order valence-electron chi connectivity index (χ1n) is 9.74. The Bertz CT molecular complexity index is 1120. The fourth-order valence-electron chi connectivity index (χ4n) is 3.07. The first kappa shape index (κ1) is 22.7. The predicted octanol–water partition coefficient (Wildman–Crippen LogP) is 3.57. The molecule has 0 unspecified atom stereocenters. The SMILES string of the molecule is COc1cc(OC)cc(C(C)(C)OC(=O)NNC(=O)c2cc(OC)c3ccccc3n2)c1. The highest BCUT2D eigenvalue weighted by Gasteiger charge is 2.27. The number of hydrazine groups is 1. The Morgan fingerprint density at radius 2 is 1.53 bits per heavy atom. The number of rotatable bonds is 6. The highest BCUT2D eigenvalue weighted by molar-refractivity contribution is 5.97. The molecule has 2 aromatic carbocycles. The summed E-state index contributed by atoms with van der Waals surface area (Å²) in [6.07, 6.45) is -0.849. The molecule has 1 aromatic heterocycles. The zero-order chi connectivity index (χ0) is 23.3. The molecule has 0 aliphatic carbocycles. The van der Waals surface area contributed by atoms with Gasteiger partial charge in [-0.25, -0.2) is 15.2 Å². The van der Waals surface area contributed by atoms with Crippen LogP contribution in [0.4, 0.5) is 4.79 Å². The van der Waals surface area contributed by atoms with Gasteiger partial charge in [0, 0.05) is 23.1 Å². The van der Waals surface area contributed by atoms with Crippen LogP contribution in [0.15, 0.2) is 48.5 Å². The average Bonchev–Trinajstić information content (AvgIpc) is 2.80. The standard InChI is InChI=1S/C23H25N3O6/c1-23(2,14-10-15(29-3)12-16(11-14)30-4)32-22(28)26-25-21(27)19-13-20(31-5)17-8-6-7-9-18(17)24-19/h6-13H,1-5H3,(H,25,27)(H,26,28). The van der Waals surface area contributed by atoms with E-state index in [1.807, 2.05) is 18.2 Å². The lowest BCUT2D eigenvalue weighted by atomic mass is 9.97. The van der Waals surface area contributed by atoms with Crippen molar-refractivity contribution < 1.29 is 28.5 Å². The van der Waals surface area contributed by atoms with Crippen LogP contribution in [-0.4, -0.2) is 38.3 Å². The number of carbonyl (C=O) groups excluding carboxylic acids is 2. The maximum Gasteiger partial charge on any atom is 0.426 e. The lowest BCUT2D eigenvalue weighted by Gasteiger charge is -2.26. The normalized spacial score (nSPS) is 10.9. The predicted molar refractivity (Wildman–Crippen MR) is 118 cm³/mol. The second kappa shape index (κ2) is 9.42. The molecular weight excluding hydrogens is 414 g/mol. The summed E-state index contributed by atoms with van der Waals surface area (Å²) >= 11 is 0. The summed E-state index contributed by atoms with van der Waals surface area (Å²) in [6.45, 7) is 3.41. The van der Waals surface area contributed by atoms with Crippen molar-refractivity contribution in [2.75, 3.05) is 21.3 Å². The van der Waals surface area contributed by atoms with E-state index >= 15 is 0 Å². The van der Waals surface area contributed by atoms with E-state index in [0.717, 1.165) is 5.39 Å². The smallest absolute Gasteiger partial charge is 0.426 e. The summed E-state index contributed by atoms with van der Waals surface area (Å²) in [5.74, 6) is 0.991. The molecular formula is C23H25N3O6. The number of amides is 2. The highest BCUT2D eigenvalue weighted by atomic mass is 16.6. The molecule has 0 fully saturated rings. The molecule has 0 spiro atoms. The van der Waals surface area contributed by atoms with Crippen molar-refractivity contribution in [3.63, 3.8) is 0 Å². The summed E-state index contributed by atoms with van der Waals surface area (Å²) < 4.78 is 21.4. The van der Waals surface area contributed by atoms with Gasteiger partial charge in [-0.05, 0) is 38.1 Å². The van der Waals surface area contributed by atoms with Gasteiger partial charge in [0.25, 0.3) is 5.91 Å². The van der Waals surface area contributed by atoms with Crippen molar-refractivity contribution in [2.24, 2.45) is 0 Å². The first-order valence-corrected chi connectivity index (χ1v) is 9.74. The Labute approximate surface area is 185 Å². The number of fused-ring (bicyclic) bond motifs is 1. The second-order valence-corrected chi connectivity index (χ2v) is 7.31. The third-order valence-corrected chi connectivity index (χ3v) is 4.80. The number of aromatic nitrogens is 1. The molecule has 2 amide bonds. The van der Waals surface area contributed by atoms with Crippen LogP contribution in [-0.2, 0) is 10.3 Å². The van der Waals surface area contributed by atoms with Crippen molar-refractivity contribution >= 4 is 22.9 Å². The van der Waals surface area contributed by atoms with Gasteiger partial charge in [0.05, 0.1) is 26.8 Å². The number of ether oxygens (including phenoxy) is 4. The minimum absolute atomic E-state index is 0.0812. The Balaban J connectivity index is 1.69. The third-order valence-electron chi connectivity index (χ3n) is 4.80. The van der Waals surface area contributed by atoms with E-state index in [4.69, 9.17) is 18.9 Å². The van der Waals surface area contributed by atoms with E-state index in [1.54, 1.807) is 38.1 Å². The first-order chi connectivity index (χ1) is 15.3. The van der Waals surface area contributed by atoms with Crippen molar-refractivity contribution in [1.82, 2.24) is 15.8 Å². The van der Waals surface area contributed by atoms with E-state index in [2.05, 4.69) is 15.8 Å². The van der Waals surface area contributed by atoms with Gasteiger partial charge in [-0.3, -0.25) is 10.2 Å². The number of nitrogens with zero attached hydrogens (tertiary/aromatic N) is 1. The van der Waals surface area contributed by atoms with Crippen LogP contribution >= 0.6 is 0 Å². The maximum atomic E-state index is 12.5. The molecule has 0 atom stereocenters. The van der Waals surface area contributed by atoms with Crippen LogP contribution in [0.3, 0.4) is 0 Å². The van der Waals surface area contributed by atoms with Gasteiger partial charge in [0.1, 0.15) is 28.5 Å². The number of hydrogen-bond donors (Lipinski definition) is 2. The molecule has 9 heteroatoms. The second-order valence-electron chi connectivity index (χ2n) is 7.31. The molecule has 1 heterocycles. The highest BCUT2D eigenvalue weighted by Crippen LogP contribution is 2.32. The van der Waals surface area contributed by atoms with Crippen LogP contribution in [0.25, 0.3) is 10.9 Å². The molecule has 3 aromatic rings. The van der Waals surface area contributed by atoms with E-state index in [1.165, 1.54) is 27.4 Å². The van der Waals surface area contributed by atoms with Crippen LogP contribution in [0, 0.1) is 0 Å². The van der Waals surface area contributed by atoms with Gasteiger partial charge in [0.2, 0.25) is 0 Å². The minimum atomic E-state index is -1.04. The topological polar surface area (TPSA) is 108 Å². The number of hydrogen-bond acceptors (Lipinski definition) is 7. The molecule has 0 aliphatic heterocycles. The number of carbonyl (C=O) groups is 2. The third kappa shape index (κ3) is 5.00. The lowest BCUT2D eigenvalue weighted by Crippen LogP contribution is -2.44. The minimum Gasteiger partial charge on any atom is -0.497 e. The van der Waals surface area contributed by atoms with Crippen molar-refractivity contribution in [3.05, 3.63) is 59.8 Å². The number of pyridine rings is 1. The lowest BCUT2D eigenvalue weighted by molar-refractivity contribution is 0.0328. The van der Waals surface area contributed by atoms with Crippen LogP contribution in [0.2, 0.25) is 0 Å². The number of benzene rings is 2. The average molecular weight is 439 g/mol. The molecule has 0 radical (unpaired) electrons. The van der Waals surface area contributed by atoms with E-state index < -0.39 is 17.6 Å². The molecule has 3 rings (SSSR count). The molecule has 32 heavy (non-hydrogen) atoms. The number of methoxy groups -OCH3 is 3. The largest absolute Gasteiger partial charge is 0.497 e. The van der Waals surface area contributed by atoms with Crippen LogP contribution in [0.5, 0.6) is 17.2 Å². The molecule has 0 saturated carbocycles. The molecule has 0 saturated heterocycles. The quantitative estimate of drug-likeness (QED) is 0.565. The van der Waals surface area contributed by atoms with Gasteiger partial charge < -0.3 is 18.9 Å². The van der Waals surface area contributed by atoms with Gasteiger partial charge in [-0.2, -0.15) is 0 Å². The number of para-hydroxylation sites is 1. The summed E-state index contributed by atoms with van der Waals surface area (Å²) in [5, 5.41) is 0.773. The molecule has 168 valence electrons. The van der Waals surface area contributed by atoms with Crippen LogP contribution in [0.1, 0.15) is 29.9 Å². The van der Waals surface area contributed by atoms with Crippen LogP contribution < -0.4 is 25.1 Å². The molecule has 0 aliphatic rings. The Morgan fingerprint density at radius 1 is 0.875 bits per heavy atom. The van der Waals surface area contributed by atoms with Gasteiger partial charge in [0.15, 0.2) is 0 Å². The van der Waals surface area contributed by atoms with E-state index in [9.17, 15) is 9.59 Å². The van der Waals surface area contributed by atoms with Gasteiger partial charge in [-0.15, -0.1) is 0 Å². The summed E-state index contributed by atoms with van der Waals surface area (Å²) in [6, 6.07) is 13.9. The summed E-state index contributed by atoms with van der Waals surface area (Å²) in [7, 11) is 4.57. The number of nitrogens with one attached hydrogen (secondary N) is 2. The Hall–Kier alpha value is -4.01. The Morgan fingerprint density at radius 3 is 2.16 bits per heavy atom. The van der Waals surface area contributed by atoms with Crippen molar-refractivity contribution in [3.8, 4) is 17.2 Å². The van der Waals surface area contributed by atoms with Crippen molar-refractivity contribution in [2.45, 2.75) is 19.4 Å². The summed E-state index contributed by atoms with van der Waals surface area (Å²) in [4.78, 5) is 29.2. The molecule has 0 bridgehead atoms. The Kier molecular flexibility index (Phi) is 6.67. The summed E-state index contributed by atoms with van der Waals surface area (Å²) in [5.41, 5.74) is 4.83. The fraction of sp³-hybridized carbons (Fsp3) is 0.261. The van der Waals surface area contributed by atoms with Crippen molar-refractivity contribution in [1.29, 1.82) is 0 Å². The van der Waals surface area contributed by atoms with Gasteiger partial charge in [-0.1, -0.05) is 12.1 Å². The van der Waals surface area contributed by atoms with Gasteiger partial charge >= 0.3 is 6.09 Å². The molecule has 9 nitrogen and oxygen atoms in total. The van der Waals surface area contributed by atoms with E-state index in [-0.39, 0.29) is 5.69 Å². The monoisotopic (exact) mass is 439 g/mol. The maximum absolute atomic E-state index is 12.5. The zero-order valence-corrected chi connectivity index (χ0v) is 18.5.